The Labute approximate surface area is 206 Å². The highest BCUT2D eigenvalue weighted by Crippen LogP contribution is 2.42. The van der Waals surface area contributed by atoms with Gasteiger partial charge in [-0.2, -0.15) is 0 Å². The van der Waals surface area contributed by atoms with Gasteiger partial charge in [-0.1, -0.05) is 43.2 Å². The molecule has 1 saturated carbocycles. The van der Waals surface area contributed by atoms with Gasteiger partial charge in [0.1, 0.15) is 0 Å². The molecule has 7 heteroatoms. The van der Waals surface area contributed by atoms with Crippen molar-refractivity contribution < 1.29 is 23.9 Å². The van der Waals surface area contributed by atoms with Crippen molar-refractivity contribution in [3.05, 3.63) is 59.2 Å². The Balaban J connectivity index is 1.40. The number of methoxy groups -OCH3 is 2. The number of nitrogens with zero attached hydrogens (tertiary/aromatic N) is 2. The summed E-state index contributed by atoms with van der Waals surface area (Å²) in [5.74, 6) is 0.679. The first-order valence-corrected chi connectivity index (χ1v) is 12.5. The van der Waals surface area contributed by atoms with Gasteiger partial charge in [0.25, 0.3) is 0 Å². The molecule has 0 bridgehead atoms. The van der Waals surface area contributed by atoms with Crippen molar-refractivity contribution in [2.24, 2.45) is 11.8 Å². The Morgan fingerprint density at radius 1 is 0.943 bits per heavy atom. The minimum Gasteiger partial charge on any atom is -0.493 e. The molecule has 2 aliphatic heterocycles. The minimum absolute atomic E-state index is 0.0604. The number of amides is 3. The predicted octanol–water partition coefficient (Wildman–Crippen LogP) is 3.74. The van der Waals surface area contributed by atoms with Crippen LogP contribution in [0.15, 0.2) is 42.5 Å². The topological polar surface area (TPSA) is 76.2 Å². The average molecular weight is 477 g/mol. The van der Waals surface area contributed by atoms with Gasteiger partial charge in [0.2, 0.25) is 17.7 Å². The summed E-state index contributed by atoms with van der Waals surface area (Å²) in [6.45, 7) is 0.703. The highest BCUT2D eigenvalue weighted by atomic mass is 16.5. The molecule has 1 saturated heterocycles. The van der Waals surface area contributed by atoms with E-state index in [0.717, 1.165) is 42.4 Å². The Kier molecular flexibility index (Phi) is 6.50. The number of imide groups is 1. The highest BCUT2D eigenvalue weighted by Gasteiger charge is 2.48. The normalized spacial score (nSPS) is 23.7. The number of carbonyl (C=O) groups is 3. The van der Waals surface area contributed by atoms with E-state index in [2.05, 4.69) is 0 Å². The molecule has 0 N–H and O–H groups in total. The van der Waals surface area contributed by atoms with E-state index in [1.165, 1.54) is 4.90 Å². The van der Waals surface area contributed by atoms with E-state index in [1.807, 2.05) is 47.4 Å². The highest BCUT2D eigenvalue weighted by molar-refractivity contribution is 6.05. The molecule has 3 amide bonds. The molecule has 0 radical (unpaired) electrons. The molecule has 3 aliphatic rings. The zero-order valence-corrected chi connectivity index (χ0v) is 20.4. The van der Waals surface area contributed by atoms with E-state index in [9.17, 15) is 14.4 Å². The van der Waals surface area contributed by atoms with Crippen LogP contribution in [0.4, 0.5) is 0 Å². The summed E-state index contributed by atoms with van der Waals surface area (Å²) < 4.78 is 11.1. The molecule has 3 atom stereocenters. The number of fused-ring (bicyclic) bond motifs is 2. The zero-order valence-electron chi connectivity index (χ0n) is 20.4. The molecule has 2 heterocycles. The Hall–Kier alpha value is -3.35. The quantitative estimate of drug-likeness (QED) is 0.594. The molecule has 2 fully saturated rings. The van der Waals surface area contributed by atoms with Crippen LogP contribution in [0.5, 0.6) is 11.5 Å². The van der Waals surface area contributed by atoms with Crippen molar-refractivity contribution in [2.75, 3.05) is 27.3 Å². The SMILES string of the molecule is COc1cc2c(cc1OC)[C@@H](c1ccccc1)N(C(=O)CCN1C(=O)[C@H]3CCCC[C@H]3C1=O)CC2. The van der Waals surface area contributed by atoms with Crippen LogP contribution in [-0.4, -0.2) is 54.8 Å². The van der Waals surface area contributed by atoms with Crippen LogP contribution in [0, 0.1) is 11.8 Å². The number of benzene rings is 2. The third-order valence-electron chi connectivity index (χ3n) is 7.79. The second-order valence-electron chi connectivity index (χ2n) is 9.63. The number of hydrogen-bond donors (Lipinski definition) is 0. The number of likely N-dealkylation sites (tertiary alicyclic amines) is 1. The summed E-state index contributed by atoms with van der Waals surface area (Å²) in [5.41, 5.74) is 3.13. The molecule has 2 aromatic carbocycles. The van der Waals surface area contributed by atoms with Crippen LogP contribution in [0.3, 0.4) is 0 Å². The van der Waals surface area contributed by atoms with Gasteiger partial charge in [0.05, 0.1) is 32.1 Å². The van der Waals surface area contributed by atoms with Gasteiger partial charge in [-0.05, 0) is 48.1 Å². The third-order valence-corrected chi connectivity index (χ3v) is 7.79. The van der Waals surface area contributed by atoms with Crippen LogP contribution in [0.25, 0.3) is 0 Å². The summed E-state index contributed by atoms with van der Waals surface area (Å²) in [6.07, 6.45) is 4.37. The Morgan fingerprint density at radius 3 is 2.20 bits per heavy atom. The van der Waals surface area contributed by atoms with Gasteiger partial charge in [-0.3, -0.25) is 19.3 Å². The molecule has 0 unspecified atom stereocenters. The summed E-state index contributed by atoms with van der Waals surface area (Å²) in [6, 6.07) is 13.6. The number of ether oxygens (including phenoxy) is 2. The number of carbonyl (C=O) groups excluding carboxylic acids is 3. The monoisotopic (exact) mass is 476 g/mol. The van der Waals surface area contributed by atoms with Gasteiger partial charge in [-0.25, -0.2) is 0 Å². The van der Waals surface area contributed by atoms with Crippen molar-refractivity contribution in [2.45, 2.75) is 44.6 Å². The van der Waals surface area contributed by atoms with Crippen molar-refractivity contribution >= 4 is 17.7 Å². The molecule has 35 heavy (non-hydrogen) atoms. The van der Waals surface area contributed by atoms with Gasteiger partial charge < -0.3 is 14.4 Å². The molecule has 5 rings (SSSR count). The van der Waals surface area contributed by atoms with Crippen LogP contribution in [-0.2, 0) is 20.8 Å². The van der Waals surface area contributed by atoms with Gasteiger partial charge in [0.15, 0.2) is 11.5 Å². The van der Waals surface area contributed by atoms with Crippen LogP contribution in [0.1, 0.15) is 54.8 Å². The molecule has 0 spiro atoms. The maximum Gasteiger partial charge on any atom is 0.233 e. The smallest absolute Gasteiger partial charge is 0.233 e. The van der Waals surface area contributed by atoms with Gasteiger partial charge >= 0.3 is 0 Å². The first-order valence-electron chi connectivity index (χ1n) is 12.5. The lowest BCUT2D eigenvalue weighted by Gasteiger charge is -2.38. The summed E-state index contributed by atoms with van der Waals surface area (Å²) in [4.78, 5) is 42.5. The molecule has 1 aliphatic carbocycles. The first kappa shape index (κ1) is 23.4. The fourth-order valence-electron chi connectivity index (χ4n) is 6.01. The van der Waals surface area contributed by atoms with Crippen molar-refractivity contribution in [1.82, 2.24) is 9.80 Å². The molecule has 0 aromatic heterocycles. The second-order valence-corrected chi connectivity index (χ2v) is 9.63. The van der Waals surface area contributed by atoms with Crippen LogP contribution < -0.4 is 9.47 Å². The molecule has 184 valence electrons. The molecule has 7 nitrogen and oxygen atoms in total. The van der Waals surface area contributed by atoms with Gasteiger partial charge in [0, 0.05) is 19.5 Å². The van der Waals surface area contributed by atoms with E-state index in [-0.39, 0.29) is 48.6 Å². The fourth-order valence-corrected chi connectivity index (χ4v) is 6.01. The van der Waals surface area contributed by atoms with Gasteiger partial charge in [-0.15, -0.1) is 0 Å². The van der Waals surface area contributed by atoms with E-state index in [0.29, 0.717) is 24.5 Å². The second kappa shape index (κ2) is 9.72. The lowest BCUT2D eigenvalue weighted by atomic mass is 9.81. The first-order chi connectivity index (χ1) is 17.0. The largest absolute Gasteiger partial charge is 0.493 e. The summed E-state index contributed by atoms with van der Waals surface area (Å²) >= 11 is 0. The average Bonchev–Trinajstić information content (AvgIpc) is 3.15. The Morgan fingerprint density at radius 2 is 1.57 bits per heavy atom. The lowest BCUT2D eigenvalue weighted by Crippen LogP contribution is -2.42. The van der Waals surface area contributed by atoms with E-state index in [4.69, 9.17) is 9.47 Å². The molecular weight excluding hydrogens is 444 g/mol. The molecule has 2 aromatic rings. The van der Waals surface area contributed by atoms with Crippen LogP contribution >= 0.6 is 0 Å². The van der Waals surface area contributed by atoms with Crippen LogP contribution in [0.2, 0.25) is 0 Å². The third kappa shape index (κ3) is 4.17. The lowest BCUT2D eigenvalue weighted by molar-refractivity contribution is -0.141. The summed E-state index contributed by atoms with van der Waals surface area (Å²) in [5, 5.41) is 0. The van der Waals surface area contributed by atoms with Crippen molar-refractivity contribution in [3.8, 4) is 11.5 Å². The standard InChI is InChI=1S/C28H32N2O5/c1-34-23-16-19-12-14-29(26(18-8-4-3-5-9-18)22(19)17-24(23)35-2)25(31)13-15-30-27(32)20-10-6-7-11-21(20)28(30)33/h3-5,8-9,16-17,20-21,26H,6-7,10-15H2,1-2H3/t20-,21+,26-/m1/s1. The maximum absolute atomic E-state index is 13.6. The van der Waals surface area contributed by atoms with Crippen molar-refractivity contribution in [1.29, 1.82) is 0 Å². The number of hydrogen-bond acceptors (Lipinski definition) is 5. The zero-order chi connectivity index (χ0) is 24.5. The summed E-state index contributed by atoms with van der Waals surface area (Å²) in [7, 11) is 3.23. The molecular formula is C28H32N2O5. The number of rotatable bonds is 6. The predicted molar refractivity (Wildman–Crippen MR) is 130 cm³/mol. The maximum atomic E-state index is 13.6. The van der Waals surface area contributed by atoms with E-state index >= 15 is 0 Å². The minimum atomic E-state index is -0.278. The fraction of sp³-hybridized carbons (Fsp3) is 0.464. The Bertz CT molecular complexity index is 1110. The van der Waals surface area contributed by atoms with E-state index in [1.54, 1.807) is 14.2 Å². The van der Waals surface area contributed by atoms with E-state index < -0.39 is 0 Å². The van der Waals surface area contributed by atoms with Crippen molar-refractivity contribution in [3.63, 3.8) is 0 Å².